The summed E-state index contributed by atoms with van der Waals surface area (Å²) in [6.45, 7) is 0.232. The minimum atomic E-state index is -4.73. The SMILES string of the molecule is O=c1[nH]c2cc(-c3ccccc3)ccc2n1Cc1ccc(OC(F)(F)F)cc1. The lowest BCUT2D eigenvalue weighted by molar-refractivity contribution is -0.274. The van der Waals surface area contributed by atoms with E-state index in [0.717, 1.165) is 16.6 Å². The molecule has 1 N–H and O–H groups in total. The third-order valence-corrected chi connectivity index (χ3v) is 4.38. The molecule has 0 aliphatic heterocycles. The van der Waals surface area contributed by atoms with Gasteiger partial charge in [0.15, 0.2) is 0 Å². The van der Waals surface area contributed by atoms with Gasteiger partial charge in [-0.05, 0) is 41.0 Å². The molecule has 0 spiro atoms. The van der Waals surface area contributed by atoms with Gasteiger partial charge in [0.1, 0.15) is 5.75 Å². The predicted octanol–water partition coefficient (Wildman–Crippen LogP) is 4.94. The highest BCUT2D eigenvalue weighted by molar-refractivity contribution is 5.82. The summed E-state index contributed by atoms with van der Waals surface area (Å²) in [5.74, 6) is -0.296. The molecular formula is C21H15F3N2O2. The van der Waals surface area contributed by atoms with Crippen LogP contribution in [0.5, 0.6) is 5.75 Å². The van der Waals surface area contributed by atoms with Crippen LogP contribution in [0.2, 0.25) is 0 Å². The van der Waals surface area contributed by atoms with Crippen LogP contribution in [0.1, 0.15) is 5.56 Å². The minimum absolute atomic E-state index is 0.232. The largest absolute Gasteiger partial charge is 0.573 e. The Bertz CT molecular complexity index is 1160. The third kappa shape index (κ3) is 3.78. The van der Waals surface area contributed by atoms with E-state index in [9.17, 15) is 18.0 Å². The van der Waals surface area contributed by atoms with Crippen molar-refractivity contribution in [1.29, 1.82) is 0 Å². The molecule has 3 aromatic carbocycles. The molecule has 0 saturated carbocycles. The second kappa shape index (κ2) is 6.92. The summed E-state index contributed by atoms with van der Waals surface area (Å²) in [7, 11) is 0. The van der Waals surface area contributed by atoms with Gasteiger partial charge in [-0.2, -0.15) is 0 Å². The van der Waals surface area contributed by atoms with Gasteiger partial charge in [-0.1, -0.05) is 48.5 Å². The summed E-state index contributed by atoms with van der Waals surface area (Å²) >= 11 is 0. The number of hydrogen-bond donors (Lipinski definition) is 1. The van der Waals surface area contributed by atoms with Gasteiger partial charge in [0.25, 0.3) is 0 Å². The number of aromatic amines is 1. The zero-order valence-corrected chi connectivity index (χ0v) is 14.5. The van der Waals surface area contributed by atoms with Gasteiger partial charge >= 0.3 is 12.1 Å². The number of rotatable bonds is 4. The molecule has 0 aliphatic rings. The van der Waals surface area contributed by atoms with E-state index in [0.29, 0.717) is 11.1 Å². The number of fused-ring (bicyclic) bond motifs is 1. The summed E-state index contributed by atoms with van der Waals surface area (Å²) < 4.78 is 42.2. The van der Waals surface area contributed by atoms with Crippen molar-refractivity contribution in [1.82, 2.24) is 9.55 Å². The minimum Gasteiger partial charge on any atom is -0.406 e. The standard InChI is InChI=1S/C21H15F3N2O2/c22-21(23,24)28-17-9-6-14(7-10-17)13-26-19-11-8-16(12-18(19)25-20(26)27)15-4-2-1-3-5-15/h1-12H,13H2,(H,25,27). The molecule has 0 saturated heterocycles. The second-order valence-corrected chi connectivity index (χ2v) is 6.31. The van der Waals surface area contributed by atoms with Crippen molar-refractivity contribution in [2.24, 2.45) is 0 Å². The quantitative estimate of drug-likeness (QED) is 0.542. The van der Waals surface area contributed by atoms with E-state index in [2.05, 4.69) is 9.72 Å². The van der Waals surface area contributed by atoms with Crippen LogP contribution in [0.4, 0.5) is 13.2 Å². The normalized spacial score (nSPS) is 11.7. The van der Waals surface area contributed by atoms with E-state index in [-0.39, 0.29) is 18.0 Å². The van der Waals surface area contributed by atoms with Crippen LogP contribution in [0.25, 0.3) is 22.2 Å². The van der Waals surface area contributed by atoms with Crippen LogP contribution in [0.15, 0.2) is 77.6 Å². The van der Waals surface area contributed by atoms with Crippen molar-refractivity contribution < 1.29 is 17.9 Å². The molecule has 142 valence electrons. The van der Waals surface area contributed by atoms with Crippen molar-refractivity contribution >= 4 is 11.0 Å². The maximum Gasteiger partial charge on any atom is 0.573 e. The molecule has 0 fully saturated rings. The number of nitrogens with one attached hydrogen (secondary N) is 1. The fraction of sp³-hybridized carbons (Fsp3) is 0.0952. The molecule has 1 aromatic heterocycles. The molecule has 0 bridgehead atoms. The number of hydrogen-bond acceptors (Lipinski definition) is 2. The van der Waals surface area contributed by atoms with Crippen LogP contribution in [0.3, 0.4) is 0 Å². The molecule has 7 heteroatoms. The average Bonchev–Trinajstić information content (AvgIpc) is 2.97. The molecule has 0 radical (unpaired) electrons. The van der Waals surface area contributed by atoms with Crippen molar-refractivity contribution in [2.45, 2.75) is 12.9 Å². The summed E-state index contributed by atoms with van der Waals surface area (Å²) in [5.41, 5.74) is 3.84. The van der Waals surface area contributed by atoms with Crippen molar-refractivity contribution in [3.05, 3.63) is 88.8 Å². The van der Waals surface area contributed by atoms with Crippen LogP contribution in [-0.4, -0.2) is 15.9 Å². The first kappa shape index (κ1) is 17.9. The zero-order chi connectivity index (χ0) is 19.7. The second-order valence-electron chi connectivity index (χ2n) is 6.31. The molecule has 1 heterocycles. The lowest BCUT2D eigenvalue weighted by atomic mass is 10.1. The summed E-state index contributed by atoms with van der Waals surface area (Å²) in [6, 6.07) is 21.0. The summed E-state index contributed by atoms with van der Waals surface area (Å²) in [4.78, 5) is 15.2. The highest BCUT2D eigenvalue weighted by atomic mass is 19.4. The number of H-pyrrole nitrogens is 1. The van der Waals surface area contributed by atoms with Crippen molar-refractivity contribution in [3.8, 4) is 16.9 Å². The molecule has 0 amide bonds. The smallest absolute Gasteiger partial charge is 0.406 e. The van der Waals surface area contributed by atoms with Crippen LogP contribution >= 0.6 is 0 Å². The van der Waals surface area contributed by atoms with Gasteiger partial charge in [-0.3, -0.25) is 4.57 Å². The van der Waals surface area contributed by atoms with Gasteiger partial charge in [0, 0.05) is 0 Å². The van der Waals surface area contributed by atoms with E-state index in [1.165, 1.54) is 24.3 Å². The Morgan fingerprint density at radius 1 is 0.893 bits per heavy atom. The Kier molecular flexibility index (Phi) is 4.43. The van der Waals surface area contributed by atoms with E-state index >= 15 is 0 Å². The fourth-order valence-corrected chi connectivity index (χ4v) is 3.11. The summed E-state index contributed by atoms with van der Waals surface area (Å²) in [5, 5.41) is 0. The van der Waals surface area contributed by atoms with Gasteiger partial charge < -0.3 is 9.72 Å². The number of nitrogens with zero attached hydrogens (tertiary/aromatic N) is 1. The Morgan fingerprint density at radius 3 is 2.29 bits per heavy atom. The molecule has 28 heavy (non-hydrogen) atoms. The first-order chi connectivity index (χ1) is 13.4. The van der Waals surface area contributed by atoms with Gasteiger partial charge in [-0.15, -0.1) is 13.2 Å². The number of benzene rings is 3. The monoisotopic (exact) mass is 384 g/mol. The molecule has 0 atom stereocenters. The topological polar surface area (TPSA) is 47.0 Å². The third-order valence-electron chi connectivity index (χ3n) is 4.38. The van der Waals surface area contributed by atoms with Crippen LogP contribution in [-0.2, 0) is 6.54 Å². The fourth-order valence-electron chi connectivity index (χ4n) is 3.11. The number of alkyl halides is 3. The molecule has 0 aliphatic carbocycles. The molecule has 4 rings (SSSR count). The predicted molar refractivity (Wildman–Crippen MR) is 100 cm³/mol. The maximum atomic E-state index is 12.4. The lowest BCUT2D eigenvalue weighted by Gasteiger charge is -2.09. The lowest BCUT2D eigenvalue weighted by Crippen LogP contribution is -2.18. The Morgan fingerprint density at radius 2 is 1.61 bits per heavy atom. The zero-order valence-electron chi connectivity index (χ0n) is 14.5. The van der Waals surface area contributed by atoms with E-state index in [1.54, 1.807) is 4.57 Å². The van der Waals surface area contributed by atoms with E-state index in [4.69, 9.17) is 0 Å². The average molecular weight is 384 g/mol. The number of aromatic nitrogens is 2. The van der Waals surface area contributed by atoms with E-state index < -0.39 is 6.36 Å². The van der Waals surface area contributed by atoms with Crippen molar-refractivity contribution in [3.63, 3.8) is 0 Å². The summed E-state index contributed by atoms with van der Waals surface area (Å²) in [6.07, 6.45) is -4.73. The maximum absolute atomic E-state index is 12.4. The number of halogens is 3. The highest BCUT2D eigenvalue weighted by Gasteiger charge is 2.30. The molecular weight excluding hydrogens is 369 g/mol. The first-order valence-corrected chi connectivity index (χ1v) is 8.52. The van der Waals surface area contributed by atoms with Crippen molar-refractivity contribution in [2.75, 3.05) is 0 Å². The molecule has 4 nitrogen and oxygen atoms in total. The molecule has 4 aromatic rings. The molecule has 0 unspecified atom stereocenters. The van der Waals surface area contributed by atoms with Crippen LogP contribution < -0.4 is 10.4 Å². The first-order valence-electron chi connectivity index (χ1n) is 8.52. The van der Waals surface area contributed by atoms with Gasteiger partial charge in [-0.25, -0.2) is 4.79 Å². The number of ether oxygens (including phenoxy) is 1. The van der Waals surface area contributed by atoms with Gasteiger partial charge in [0.05, 0.1) is 17.6 Å². The highest BCUT2D eigenvalue weighted by Crippen LogP contribution is 2.25. The van der Waals surface area contributed by atoms with Gasteiger partial charge in [0.2, 0.25) is 0 Å². The Labute approximate surface area is 157 Å². The number of imidazole rings is 1. The van der Waals surface area contributed by atoms with E-state index in [1.807, 2.05) is 48.5 Å². The Hall–Kier alpha value is -3.48. The Balaban J connectivity index is 1.62. The van der Waals surface area contributed by atoms with Crippen LogP contribution in [0, 0.1) is 0 Å².